The number of aromatic nitrogens is 4. The van der Waals surface area contributed by atoms with Gasteiger partial charge < -0.3 is 4.90 Å². The lowest BCUT2D eigenvalue weighted by molar-refractivity contribution is -0.138. The van der Waals surface area contributed by atoms with E-state index in [1.165, 1.54) is 12.1 Å². The highest BCUT2D eigenvalue weighted by Crippen LogP contribution is 2.36. The Kier molecular flexibility index (Phi) is 8.54. The Labute approximate surface area is 237 Å². The number of carbonyl (C=O) groups is 1. The van der Waals surface area contributed by atoms with Crippen molar-refractivity contribution >= 4 is 5.78 Å². The first-order valence-electron chi connectivity index (χ1n) is 13.8. The van der Waals surface area contributed by atoms with Crippen LogP contribution in [0.3, 0.4) is 0 Å². The number of likely N-dealkylation sites (tertiary alicyclic amines) is 1. The number of hydrogen-bond donors (Lipinski definition) is 0. The van der Waals surface area contributed by atoms with Gasteiger partial charge in [-0.05, 0) is 73.7 Å². The van der Waals surface area contributed by atoms with Crippen LogP contribution in [-0.4, -0.2) is 50.8 Å². The molecule has 0 N–H and O–H groups in total. The number of aryl methyl sites for hydroxylation is 1. The maximum atomic E-state index is 14.2. The Morgan fingerprint density at radius 1 is 1.00 bits per heavy atom. The second-order valence-corrected chi connectivity index (χ2v) is 10.7. The molecule has 0 amide bonds. The molecule has 1 aliphatic rings. The molecule has 0 radical (unpaired) electrons. The molecule has 9 heteroatoms. The molecule has 2 aromatic heterocycles. The van der Waals surface area contributed by atoms with Crippen molar-refractivity contribution in [2.24, 2.45) is 0 Å². The van der Waals surface area contributed by atoms with E-state index in [1.54, 1.807) is 43.0 Å². The third kappa shape index (κ3) is 7.03. The fourth-order valence-electron chi connectivity index (χ4n) is 5.43. The number of ketones is 1. The van der Waals surface area contributed by atoms with Crippen LogP contribution >= 0.6 is 0 Å². The van der Waals surface area contributed by atoms with Gasteiger partial charge >= 0.3 is 6.18 Å². The van der Waals surface area contributed by atoms with Gasteiger partial charge in [0, 0.05) is 43.5 Å². The van der Waals surface area contributed by atoms with Crippen molar-refractivity contribution in [1.82, 2.24) is 24.8 Å². The number of hydrogen-bond acceptors (Lipinski definition) is 6. The van der Waals surface area contributed by atoms with Gasteiger partial charge in [0.2, 0.25) is 0 Å². The van der Waals surface area contributed by atoms with Crippen molar-refractivity contribution in [3.63, 3.8) is 0 Å². The quantitative estimate of drug-likeness (QED) is 0.242. The smallest absolute Gasteiger partial charge is 0.306 e. The van der Waals surface area contributed by atoms with Gasteiger partial charge in [-0.1, -0.05) is 36.8 Å². The normalized spacial score (nSPS) is 16.4. The van der Waals surface area contributed by atoms with Crippen LogP contribution in [-0.2, 0) is 19.0 Å². The molecular weight excluding hydrogens is 527 g/mol. The number of alkyl halides is 3. The summed E-state index contributed by atoms with van der Waals surface area (Å²) in [5.74, 6) is 0.0264. The third-order valence-corrected chi connectivity index (χ3v) is 7.65. The second-order valence-electron chi connectivity index (χ2n) is 10.7. The highest BCUT2D eigenvalue weighted by atomic mass is 19.4. The van der Waals surface area contributed by atoms with Crippen LogP contribution in [0.2, 0.25) is 0 Å². The van der Waals surface area contributed by atoms with E-state index in [1.807, 2.05) is 26.1 Å². The zero-order valence-electron chi connectivity index (χ0n) is 23.2. The van der Waals surface area contributed by atoms with Crippen LogP contribution in [0, 0.1) is 6.92 Å². The van der Waals surface area contributed by atoms with Crippen molar-refractivity contribution in [1.29, 1.82) is 0 Å². The summed E-state index contributed by atoms with van der Waals surface area (Å²) in [6, 6.07) is 11.5. The number of benzene rings is 2. The number of likely N-dealkylation sites (N-methyl/N-ethyl adjacent to an activating group) is 1. The summed E-state index contributed by atoms with van der Waals surface area (Å²) in [6.45, 7) is 3.60. The lowest BCUT2D eigenvalue weighted by Crippen LogP contribution is -2.23. The number of nitrogens with zero attached hydrogens (tertiary/aromatic N) is 5. The summed E-state index contributed by atoms with van der Waals surface area (Å²) >= 11 is 0. The lowest BCUT2D eigenvalue weighted by Gasteiger charge is -2.22. The molecule has 1 unspecified atom stereocenters. The standard InChI is InChI=1S/C32H32F3N5O/c1-21-6-7-22(15-25(21)18-31-38-11-10-28(39-31)29-19-36-12-13-37-29)16-30(41)26-9-8-23(17-27(26)32(33,34)35)24-5-3-4-14-40(2)20-24/h6-13,15,17,19,24H,3-5,14,16,18,20H2,1-2H3. The van der Waals surface area contributed by atoms with E-state index < -0.39 is 17.5 Å². The molecule has 1 aliphatic heterocycles. The number of halogens is 3. The first kappa shape index (κ1) is 28.5. The average Bonchev–Trinajstić information content (AvgIpc) is 3.19. The van der Waals surface area contributed by atoms with Crippen LogP contribution in [0.4, 0.5) is 13.2 Å². The van der Waals surface area contributed by atoms with Crippen LogP contribution in [0.15, 0.2) is 67.3 Å². The van der Waals surface area contributed by atoms with Crippen molar-refractivity contribution in [2.75, 3.05) is 20.1 Å². The summed E-state index contributed by atoms with van der Waals surface area (Å²) in [7, 11) is 2.00. The Balaban J connectivity index is 1.37. The van der Waals surface area contributed by atoms with Gasteiger partial charge in [-0.25, -0.2) is 9.97 Å². The van der Waals surface area contributed by atoms with Gasteiger partial charge in [0.25, 0.3) is 0 Å². The Bertz CT molecular complexity index is 1520. The topological polar surface area (TPSA) is 71.9 Å². The first-order valence-corrected chi connectivity index (χ1v) is 13.8. The van der Waals surface area contributed by atoms with Crippen molar-refractivity contribution in [3.8, 4) is 11.4 Å². The molecule has 1 fully saturated rings. The maximum absolute atomic E-state index is 14.2. The highest BCUT2D eigenvalue weighted by molar-refractivity contribution is 5.99. The summed E-state index contributed by atoms with van der Waals surface area (Å²) in [5, 5.41) is 0. The van der Waals surface area contributed by atoms with Gasteiger partial charge in [0.15, 0.2) is 5.78 Å². The zero-order chi connectivity index (χ0) is 29.0. The van der Waals surface area contributed by atoms with Crippen LogP contribution < -0.4 is 0 Å². The molecular formula is C32H32F3N5O. The summed E-state index contributed by atoms with van der Waals surface area (Å²) in [5.41, 5.74) is 3.29. The Morgan fingerprint density at radius 3 is 2.63 bits per heavy atom. The van der Waals surface area contributed by atoms with E-state index in [0.29, 0.717) is 41.3 Å². The minimum Gasteiger partial charge on any atom is -0.306 e. The first-order chi connectivity index (χ1) is 19.7. The fourth-order valence-corrected chi connectivity index (χ4v) is 5.43. The number of carbonyl (C=O) groups excluding carboxylic acids is 1. The molecule has 0 bridgehead atoms. The summed E-state index contributed by atoms with van der Waals surface area (Å²) < 4.78 is 42.5. The van der Waals surface area contributed by atoms with Crippen LogP contribution in [0.25, 0.3) is 11.4 Å². The predicted molar refractivity (Wildman–Crippen MR) is 151 cm³/mol. The summed E-state index contributed by atoms with van der Waals surface area (Å²) in [6.07, 6.45) is 4.96. The molecule has 41 heavy (non-hydrogen) atoms. The van der Waals surface area contributed by atoms with Gasteiger partial charge in [-0.15, -0.1) is 0 Å². The SMILES string of the molecule is Cc1ccc(CC(=O)c2ccc(C3CCCCN(C)C3)cc2C(F)(F)F)cc1Cc1nccc(-c2cnccn2)n1. The largest absolute Gasteiger partial charge is 0.417 e. The van der Waals surface area contributed by atoms with Gasteiger partial charge in [-0.2, -0.15) is 13.2 Å². The minimum absolute atomic E-state index is 0.0158. The molecule has 2 aromatic carbocycles. The van der Waals surface area contributed by atoms with Crippen LogP contribution in [0.1, 0.15) is 69.2 Å². The van der Waals surface area contributed by atoms with Crippen molar-refractivity contribution < 1.29 is 18.0 Å². The summed E-state index contributed by atoms with van der Waals surface area (Å²) in [4.78, 5) is 32.8. The molecule has 0 aliphatic carbocycles. The number of rotatable bonds is 7. The van der Waals surface area contributed by atoms with E-state index in [2.05, 4.69) is 24.8 Å². The molecule has 1 atom stereocenters. The highest BCUT2D eigenvalue weighted by Gasteiger charge is 2.36. The Hall–Kier alpha value is -3.98. The lowest BCUT2D eigenvalue weighted by atomic mass is 9.89. The molecule has 0 saturated carbocycles. The monoisotopic (exact) mass is 559 g/mol. The van der Waals surface area contributed by atoms with Gasteiger partial charge in [0.05, 0.1) is 17.5 Å². The van der Waals surface area contributed by atoms with E-state index in [0.717, 1.165) is 36.9 Å². The molecule has 6 nitrogen and oxygen atoms in total. The zero-order valence-corrected chi connectivity index (χ0v) is 23.2. The van der Waals surface area contributed by atoms with Crippen molar-refractivity contribution in [3.05, 3.63) is 106 Å². The molecule has 1 saturated heterocycles. The molecule has 3 heterocycles. The maximum Gasteiger partial charge on any atom is 0.417 e. The second kappa shape index (κ2) is 12.3. The fraction of sp³-hybridized carbons (Fsp3) is 0.344. The van der Waals surface area contributed by atoms with Gasteiger partial charge in [0.1, 0.15) is 11.5 Å². The third-order valence-electron chi connectivity index (χ3n) is 7.65. The van der Waals surface area contributed by atoms with Gasteiger partial charge in [-0.3, -0.25) is 14.8 Å². The van der Waals surface area contributed by atoms with Crippen molar-refractivity contribution in [2.45, 2.75) is 51.1 Å². The van der Waals surface area contributed by atoms with E-state index in [-0.39, 0.29) is 17.9 Å². The predicted octanol–water partition coefficient (Wildman–Crippen LogP) is 6.48. The number of Topliss-reactive ketones (excluding diaryl/α,β-unsaturated/α-hetero) is 1. The van der Waals surface area contributed by atoms with E-state index in [4.69, 9.17) is 0 Å². The van der Waals surface area contributed by atoms with Crippen LogP contribution in [0.5, 0.6) is 0 Å². The van der Waals surface area contributed by atoms with E-state index in [9.17, 15) is 18.0 Å². The minimum atomic E-state index is -4.62. The van der Waals surface area contributed by atoms with E-state index >= 15 is 0 Å². The molecule has 0 spiro atoms. The average molecular weight is 560 g/mol. The molecule has 4 aromatic rings. The Morgan fingerprint density at radius 2 is 1.85 bits per heavy atom. The molecule has 212 valence electrons. The molecule has 5 rings (SSSR count).